The quantitative estimate of drug-likeness (QED) is 0.594. The van der Waals surface area contributed by atoms with Gasteiger partial charge in [0.15, 0.2) is 5.13 Å². The van der Waals surface area contributed by atoms with E-state index < -0.39 is 6.04 Å². The summed E-state index contributed by atoms with van der Waals surface area (Å²) >= 11 is 1.57. The lowest BCUT2D eigenvalue weighted by molar-refractivity contribution is -0.143. The summed E-state index contributed by atoms with van der Waals surface area (Å²) in [6, 6.07) is 12.7. The average Bonchev–Trinajstić information content (AvgIpc) is 3.24. The van der Waals surface area contributed by atoms with Crippen molar-refractivity contribution in [2.45, 2.75) is 19.4 Å². The molecule has 0 aliphatic carbocycles. The number of hydrogen-bond acceptors (Lipinski definition) is 7. The zero-order valence-corrected chi connectivity index (χ0v) is 18.2. The fourth-order valence-electron chi connectivity index (χ4n) is 3.56. The van der Waals surface area contributed by atoms with E-state index in [1.807, 2.05) is 42.5 Å². The third-order valence-corrected chi connectivity index (χ3v) is 6.21. The molecule has 1 saturated heterocycles. The van der Waals surface area contributed by atoms with Gasteiger partial charge in [0.05, 0.1) is 19.1 Å². The molecule has 1 aliphatic heterocycles. The van der Waals surface area contributed by atoms with Crippen molar-refractivity contribution in [2.24, 2.45) is 0 Å². The molecule has 162 valence electrons. The van der Waals surface area contributed by atoms with E-state index >= 15 is 0 Å². The van der Waals surface area contributed by atoms with E-state index in [0.29, 0.717) is 32.8 Å². The number of nitrogens with one attached hydrogen (secondary N) is 1. The van der Waals surface area contributed by atoms with Crippen molar-refractivity contribution in [2.75, 3.05) is 37.7 Å². The van der Waals surface area contributed by atoms with Gasteiger partial charge in [0, 0.05) is 32.4 Å². The predicted molar refractivity (Wildman–Crippen MR) is 120 cm³/mol. The van der Waals surface area contributed by atoms with E-state index in [9.17, 15) is 9.59 Å². The van der Waals surface area contributed by atoms with Crippen LogP contribution in [0.1, 0.15) is 24.9 Å². The van der Waals surface area contributed by atoms with Crippen molar-refractivity contribution >= 4 is 38.8 Å². The molecule has 8 nitrogen and oxygen atoms in total. The van der Waals surface area contributed by atoms with Crippen LogP contribution in [0.3, 0.4) is 0 Å². The number of esters is 1. The monoisotopic (exact) mass is 439 g/mol. The molecule has 9 heteroatoms. The van der Waals surface area contributed by atoms with Crippen LogP contribution >= 0.6 is 11.3 Å². The number of amides is 2. The van der Waals surface area contributed by atoms with Crippen molar-refractivity contribution < 1.29 is 14.3 Å². The molecule has 0 radical (unpaired) electrons. The van der Waals surface area contributed by atoms with Gasteiger partial charge in [0.25, 0.3) is 0 Å². The van der Waals surface area contributed by atoms with Crippen LogP contribution in [0.25, 0.3) is 10.3 Å². The molecule has 2 aromatic heterocycles. The number of urea groups is 1. The summed E-state index contributed by atoms with van der Waals surface area (Å²) in [4.78, 5) is 38.9. The first-order valence-corrected chi connectivity index (χ1v) is 11.2. The summed E-state index contributed by atoms with van der Waals surface area (Å²) in [6.45, 7) is 4.64. The predicted octanol–water partition coefficient (Wildman–Crippen LogP) is 3.22. The zero-order valence-electron chi connectivity index (χ0n) is 17.4. The Bertz CT molecular complexity index is 1000. The second kappa shape index (κ2) is 9.74. The maximum atomic E-state index is 12.9. The van der Waals surface area contributed by atoms with Crippen molar-refractivity contribution in [3.8, 4) is 0 Å². The number of rotatable bonds is 6. The number of piperazine rings is 1. The van der Waals surface area contributed by atoms with Gasteiger partial charge in [-0.2, -0.15) is 0 Å². The number of pyridine rings is 1. The number of carbonyl (C=O) groups excluding carboxylic acids is 2. The SMILES string of the molecule is CCOC(=O)C[C@H](NC(=O)N1CCN(c2nc3cccnc3s2)CC1)c1ccccc1. The highest BCUT2D eigenvalue weighted by atomic mass is 32.1. The Kier molecular flexibility index (Phi) is 6.61. The molecule has 1 atom stereocenters. The van der Waals surface area contributed by atoms with Gasteiger partial charge in [-0.3, -0.25) is 4.79 Å². The Labute approximate surface area is 184 Å². The first-order valence-electron chi connectivity index (χ1n) is 10.4. The molecule has 1 aliphatic rings. The molecule has 1 N–H and O–H groups in total. The summed E-state index contributed by atoms with van der Waals surface area (Å²) in [7, 11) is 0. The lowest BCUT2D eigenvalue weighted by Gasteiger charge is -2.35. The minimum absolute atomic E-state index is 0.0995. The second-order valence-corrected chi connectivity index (χ2v) is 8.18. The van der Waals surface area contributed by atoms with Gasteiger partial charge in [-0.1, -0.05) is 41.7 Å². The molecule has 3 heterocycles. The number of thiazole rings is 1. The van der Waals surface area contributed by atoms with Gasteiger partial charge >= 0.3 is 12.0 Å². The normalized spacial score (nSPS) is 15.0. The summed E-state index contributed by atoms with van der Waals surface area (Å²) in [6.07, 6.45) is 1.87. The first-order chi connectivity index (χ1) is 15.1. The Morgan fingerprint density at radius 1 is 1.13 bits per heavy atom. The van der Waals surface area contributed by atoms with Gasteiger partial charge in [-0.05, 0) is 24.6 Å². The fraction of sp³-hybridized carbons (Fsp3) is 0.364. The maximum Gasteiger partial charge on any atom is 0.318 e. The molecule has 1 fully saturated rings. The number of fused-ring (bicyclic) bond motifs is 1. The zero-order chi connectivity index (χ0) is 21.6. The maximum absolute atomic E-state index is 12.9. The van der Waals surface area contributed by atoms with E-state index in [1.54, 1.807) is 29.4 Å². The van der Waals surface area contributed by atoms with Gasteiger partial charge in [-0.25, -0.2) is 14.8 Å². The number of aromatic nitrogens is 2. The molecule has 3 aromatic rings. The molecular formula is C22H25N5O3S. The first kappa shape index (κ1) is 21.0. The molecule has 0 bridgehead atoms. The minimum Gasteiger partial charge on any atom is -0.466 e. The van der Waals surface area contributed by atoms with Crippen LogP contribution in [0.5, 0.6) is 0 Å². The van der Waals surface area contributed by atoms with Crippen LogP contribution in [0.4, 0.5) is 9.93 Å². The number of benzene rings is 1. The highest BCUT2D eigenvalue weighted by Gasteiger charge is 2.26. The third-order valence-electron chi connectivity index (χ3n) is 5.17. The number of carbonyl (C=O) groups is 2. The molecule has 0 spiro atoms. The van der Waals surface area contributed by atoms with Crippen molar-refractivity contribution in [1.82, 2.24) is 20.2 Å². The second-order valence-electron chi connectivity index (χ2n) is 7.22. The topological polar surface area (TPSA) is 87.7 Å². The Hall–Kier alpha value is -3.20. The van der Waals surface area contributed by atoms with E-state index in [4.69, 9.17) is 4.74 Å². The number of anilines is 1. The number of hydrogen-bond donors (Lipinski definition) is 1. The molecule has 4 rings (SSSR count). The van der Waals surface area contributed by atoms with Crippen molar-refractivity contribution in [3.05, 3.63) is 54.2 Å². The largest absolute Gasteiger partial charge is 0.466 e. The summed E-state index contributed by atoms with van der Waals surface area (Å²) in [5, 5.41) is 3.94. The van der Waals surface area contributed by atoms with Crippen LogP contribution in [-0.2, 0) is 9.53 Å². The van der Waals surface area contributed by atoms with Gasteiger partial charge < -0.3 is 19.9 Å². The van der Waals surface area contributed by atoms with E-state index in [2.05, 4.69) is 20.2 Å². The third kappa shape index (κ3) is 5.11. The lowest BCUT2D eigenvalue weighted by atomic mass is 10.0. The lowest BCUT2D eigenvalue weighted by Crippen LogP contribution is -2.52. The van der Waals surface area contributed by atoms with E-state index in [-0.39, 0.29) is 18.4 Å². The minimum atomic E-state index is -0.430. The van der Waals surface area contributed by atoms with E-state index in [1.165, 1.54) is 0 Å². The Morgan fingerprint density at radius 3 is 2.61 bits per heavy atom. The molecule has 0 saturated carbocycles. The highest BCUT2D eigenvalue weighted by molar-refractivity contribution is 7.21. The Morgan fingerprint density at radius 2 is 1.90 bits per heavy atom. The molecule has 1 aromatic carbocycles. The average molecular weight is 440 g/mol. The summed E-state index contributed by atoms with van der Waals surface area (Å²) in [5.74, 6) is -0.328. The van der Waals surface area contributed by atoms with Crippen LogP contribution in [-0.4, -0.2) is 59.7 Å². The van der Waals surface area contributed by atoms with Crippen LogP contribution in [0, 0.1) is 0 Å². The van der Waals surface area contributed by atoms with Crippen LogP contribution < -0.4 is 10.2 Å². The van der Waals surface area contributed by atoms with Gasteiger partial charge in [0.1, 0.15) is 10.3 Å². The molecule has 0 unspecified atom stereocenters. The Balaban J connectivity index is 1.37. The standard InChI is InChI=1S/C22H25N5O3S/c1-2-30-19(28)15-18(16-7-4-3-5-8-16)24-21(29)26-11-13-27(14-12-26)22-25-17-9-6-10-23-20(17)31-22/h3-10,18H,2,11-15H2,1H3,(H,24,29)/t18-/m0/s1. The van der Waals surface area contributed by atoms with Crippen LogP contribution in [0.15, 0.2) is 48.7 Å². The van der Waals surface area contributed by atoms with Crippen LogP contribution in [0.2, 0.25) is 0 Å². The summed E-state index contributed by atoms with van der Waals surface area (Å²) < 4.78 is 5.09. The van der Waals surface area contributed by atoms with Crippen molar-refractivity contribution in [1.29, 1.82) is 0 Å². The fourth-order valence-corrected chi connectivity index (χ4v) is 4.52. The number of ether oxygens (including phenoxy) is 1. The smallest absolute Gasteiger partial charge is 0.318 e. The number of nitrogens with zero attached hydrogens (tertiary/aromatic N) is 4. The highest BCUT2D eigenvalue weighted by Crippen LogP contribution is 2.27. The van der Waals surface area contributed by atoms with Crippen molar-refractivity contribution in [3.63, 3.8) is 0 Å². The summed E-state index contributed by atoms with van der Waals surface area (Å²) in [5.41, 5.74) is 1.77. The van der Waals surface area contributed by atoms with Gasteiger partial charge in [-0.15, -0.1) is 0 Å². The molecule has 2 amide bonds. The van der Waals surface area contributed by atoms with Gasteiger partial charge in [0.2, 0.25) is 0 Å². The molecular weight excluding hydrogens is 414 g/mol. The molecule has 31 heavy (non-hydrogen) atoms. The van der Waals surface area contributed by atoms with E-state index in [0.717, 1.165) is 21.0 Å².